The maximum atomic E-state index is 12.8. The van der Waals surface area contributed by atoms with E-state index in [0.29, 0.717) is 22.7 Å². The molecular formula is C27H25N3O8. The number of carbonyl (C=O) groups excluding carboxylic acids is 4. The van der Waals surface area contributed by atoms with Gasteiger partial charge >= 0.3 is 12.0 Å². The third-order valence-corrected chi connectivity index (χ3v) is 5.52. The van der Waals surface area contributed by atoms with Crippen LogP contribution in [0.5, 0.6) is 11.5 Å². The van der Waals surface area contributed by atoms with Crippen molar-refractivity contribution in [3.8, 4) is 11.5 Å². The fraction of sp³-hybridized carbons (Fsp3) is 0.185. The van der Waals surface area contributed by atoms with E-state index in [1.54, 1.807) is 30.3 Å². The summed E-state index contributed by atoms with van der Waals surface area (Å²) >= 11 is 0. The predicted octanol–water partition coefficient (Wildman–Crippen LogP) is 3.49. The molecular weight excluding hydrogens is 494 g/mol. The zero-order valence-electron chi connectivity index (χ0n) is 20.9. The van der Waals surface area contributed by atoms with E-state index in [1.807, 2.05) is 19.1 Å². The van der Waals surface area contributed by atoms with Gasteiger partial charge in [-0.25, -0.2) is 9.59 Å². The molecule has 2 heterocycles. The molecule has 0 atom stereocenters. The SMILES string of the molecule is COC(=O)c1ccc(CN2C(=O)N/C(=C/c3ccc(OCC(=O)Nc4ccc(C)cc4)c(OC)c3)C2=O)o1. The van der Waals surface area contributed by atoms with Crippen LogP contribution in [0.2, 0.25) is 0 Å². The summed E-state index contributed by atoms with van der Waals surface area (Å²) in [6, 6.07) is 14.5. The summed E-state index contributed by atoms with van der Waals surface area (Å²) in [5.74, 6) is -0.701. The van der Waals surface area contributed by atoms with Crippen molar-refractivity contribution in [3.05, 3.63) is 82.9 Å². The third kappa shape index (κ3) is 6.01. The Kier molecular flexibility index (Phi) is 7.76. The molecule has 2 N–H and O–H groups in total. The summed E-state index contributed by atoms with van der Waals surface area (Å²) in [6.07, 6.45) is 1.48. The van der Waals surface area contributed by atoms with Crippen molar-refractivity contribution in [2.45, 2.75) is 13.5 Å². The molecule has 1 saturated heterocycles. The van der Waals surface area contributed by atoms with Gasteiger partial charge in [0, 0.05) is 5.69 Å². The lowest BCUT2D eigenvalue weighted by atomic mass is 10.1. The number of benzene rings is 2. The van der Waals surface area contributed by atoms with Crippen LogP contribution in [0.3, 0.4) is 0 Å². The van der Waals surface area contributed by atoms with E-state index < -0.39 is 17.9 Å². The van der Waals surface area contributed by atoms with Crippen LogP contribution in [0.15, 0.2) is 64.7 Å². The van der Waals surface area contributed by atoms with Crippen molar-refractivity contribution >= 4 is 35.6 Å². The molecule has 1 aromatic heterocycles. The van der Waals surface area contributed by atoms with Crippen LogP contribution >= 0.6 is 0 Å². The number of imide groups is 1. The summed E-state index contributed by atoms with van der Waals surface area (Å²) in [6.45, 7) is 1.55. The van der Waals surface area contributed by atoms with Gasteiger partial charge in [-0.05, 0) is 55.0 Å². The van der Waals surface area contributed by atoms with Gasteiger partial charge in [-0.2, -0.15) is 0 Å². The van der Waals surface area contributed by atoms with E-state index in [4.69, 9.17) is 13.9 Å². The Hall–Kier alpha value is -5.06. The van der Waals surface area contributed by atoms with Gasteiger partial charge in [0.25, 0.3) is 11.8 Å². The third-order valence-electron chi connectivity index (χ3n) is 5.52. The molecule has 0 spiro atoms. The molecule has 11 nitrogen and oxygen atoms in total. The molecule has 0 aliphatic carbocycles. The Labute approximate surface area is 218 Å². The monoisotopic (exact) mass is 519 g/mol. The fourth-order valence-electron chi connectivity index (χ4n) is 3.58. The Morgan fingerprint density at radius 1 is 1.03 bits per heavy atom. The zero-order chi connectivity index (χ0) is 27.2. The second-order valence-electron chi connectivity index (χ2n) is 8.25. The van der Waals surface area contributed by atoms with Gasteiger partial charge in [0.05, 0.1) is 20.8 Å². The molecule has 2 aromatic carbocycles. The number of furan rings is 1. The number of hydrogen-bond donors (Lipinski definition) is 2. The highest BCUT2D eigenvalue weighted by molar-refractivity contribution is 6.13. The molecule has 4 rings (SSSR count). The number of nitrogens with one attached hydrogen (secondary N) is 2. The van der Waals surface area contributed by atoms with Crippen LogP contribution in [0.1, 0.15) is 27.4 Å². The topological polar surface area (TPSA) is 136 Å². The first-order valence-electron chi connectivity index (χ1n) is 11.5. The molecule has 0 unspecified atom stereocenters. The molecule has 38 heavy (non-hydrogen) atoms. The Morgan fingerprint density at radius 2 is 1.79 bits per heavy atom. The van der Waals surface area contributed by atoms with Crippen LogP contribution in [-0.2, 0) is 20.9 Å². The molecule has 1 aliphatic rings. The van der Waals surface area contributed by atoms with Gasteiger partial charge in [0.2, 0.25) is 5.76 Å². The smallest absolute Gasteiger partial charge is 0.373 e. The van der Waals surface area contributed by atoms with Crippen LogP contribution < -0.4 is 20.1 Å². The molecule has 0 radical (unpaired) electrons. The average molecular weight is 520 g/mol. The van der Waals surface area contributed by atoms with Gasteiger partial charge < -0.3 is 29.3 Å². The highest BCUT2D eigenvalue weighted by atomic mass is 16.5. The molecule has 4 amide bonds. The van der Waals surface area contributed by atoms with Crippen molar-refractivity contribution in [1.29, 1.82) is 0 Å². The molecule has 0 saturated carbocycles. The van der Waals surface area contributed by atoms with E-state index in [9.17, 15) is 19.2 Å². The van der Waals surface area contributed by atoms with E-state index in [0.717, 1.165) is 10.5 Å². The number of amides is 4. The lowest BCUT2D eigenvalue weighted by Gasteiger charge is -2.12. The largest absolute Gasteiger partial charge is 0.493 e. The van der Waals surface area contributed by atoms with E-state index in [2.05, 4.69) is 15.4 Å². The first-order valence-corrected chi connectivity index (χ1v) is 11.5. The molecule has 1 aliphatic heterocycles. The van der Waals surface area contributed by atoms with Gasteiger partial charge in [0.15, 0.2) is 18.1 Å². The van der Waals surface area contributed by atoms with Crippen LogP contribution in [0, 0.1) is 6.92 Å². The summed E-state index contributed by atoms with van der Waals surface area (Å²) in [5, 5.41) is 5.27. The number of rotatable bonds is 9. The molecule has 1 fully saturated rings. The fourth-order valence-corrected chi connectivity index (χ4v) is 3.58. The maximum Gasteiger partial charge on any atom is 0.373 e. The predicted molar refractivity (Wildman–Crippen MR) is 135 cm³/mol. The van der Waals surface area contributed by atoms with E-state index in [-0.39, 0.29) is 36.3 Å². The van der Waals surface area contributed by atoms with Gasteiger partial charge in [0.1, 0.15) is 11.5 Å². The number of methoxy groups -OCH3 is 2. The van der Waals surface area contributed by atoms with Crippen LogP contribution in [-0.4, -0.2) is 49.5 Å². The van der Waals surface area contributed by atoms with Gasteiger partial charge in [-0.3, -0.25) is 14.5 Å². The minimum absolute atomic E-state index is 0.0349. The zero-order valence-corrected chi connectivity index (χ0v) is 20.9. The first kappa shape index (κ1) is 26.0. The van der Waals surface area contributed by atoms with Gasteiger partial charge in [-0.1, -0.05) is 23.8 Å². The first-order chi connectivity index (χ1) is 18.3. The Bertz CT molecular complexity index is 1410. The Balaban J connectivity index is 1.40. The summed E-state index contributed by atoms with van der Waals surface area (Å²) < 4.78 is 20.9. The lowest BCUT2D eigenvalue weighted by molar-refractivity contribution is -0.123. The quantitative estimate of drug-likeness (QED) is 0.249. The number of nitrogens with zero attached hydrogens (tertiary/aromatic N) is 1. The molecule has 196 valence electrons. The van der Waals surface area contributed by atoms with Crippen molar-refractivity contribution in [2.24, 2.45) is 0 Å². The molecule has 11 heteroatoms. The molecule has 3 aromatic rings. The minimum Gasteiger partial charge on any atom is -0.493 e. The summed E-state index contributed by atoms with van der Waals surface area (Å²) in [7, 11) is 2.66. The highest BCUT2D eigenvalue weighted by Gasteiger charge is 2.34. The number of carbonyl (C=O) groups is 4. The second kappa shape index (κ2) is 11.3. The van der Waals surface area contributed by atoms with Crippen molar-refractivity contribution < 1.29 is 37.8 Å². The second-order valence-corrected chi connectivity index (χ2v) is 8.25. The number of hydrogen-bond acceptors (Lipinski definition) is 8. The number of aryl methyl sites for hydroxylation is 1. The number of anilines is 1. The molecule has 0 bridgehead atoms. The summed E-state index contributed by atoms with van der Waals surface area (Å²) in [4.78, 5) is 50.0. The Morgan fingerprint density at radius 3 is 2.50 bits per heavy atom. The van der Waals surface area contributed by atoms with Crippen molar-refractivity contribution in [1.82, 2.24) is 10.2 Å². The maximum absolute atomic E-state index is 12.8. The number of urea groups is 1. The standard InChI is InChI=1S/C27H25N3O8/c1-16-4-7-18(8-5-16)28-24(31)15-37-21-10-6-17(13-23(21)35-2)12-20-25(32)30(27(34)29-20)14-19-9-11-22(38-19)26(33)36-3/h4-13H,14-15H2,1-3H3,(H,28,31)(H,29,34)/b20-12+. The normalized spacial score (nSPS) is 13.9. The lowest BCUT2D eigenvalue weighted by Crippen LogP contribution is -2.30. The average Bonchev–Trinajstić information content (AvgIpc) is 3.49. The van der Waals surface area contributed by atoms with Crippen molar-refractivity contribution in [2.75, 3.05) is 26.1 Å². The minimum atomic E-state index is -0.665. The van der Waals surface area contributed by atoms with Gasteiger partial charge in [-0.15, -0.1) is 0 Å². The van der Waals surface area contributed by atoms with Crippen LogP contribution in [0.25, 0.3) is 6.08 Å². The van der Waals surface area contributed by atoms with E-state index >= 15 is 0 Å². The summed E-state index contributed by atoms with van der Waals surface area (Å²) in [5.41, 5.74) is 2.33. The number of esters is 1. The number of ether oxygens (including phenoxy) is 3. The van der Waals surface area contributed by atoms with Crippen molar-refractivity contribution in [3.63, 3.8) is 0 Å². The van der Waals surface area contributed by atoms with Crippen LogP contribution in [0.4, 0.5) is 10.5 Å². The highest BCUT2D eigenvalue weighted by Crippen LogP contribution is 2.29. The van der Waals surface area contributed by atoms with E-state index in [1.165, 1.54) is 32.4 Å².